The molecule has 0 spiro atoms. The first kappa shape index (κ1) is 14.3. The van der Waals surface area contributed by atoms with E-state index < -0.39 is 0 Å². The number of rotatable bonds is 6. The van der Waals surface area contributed by atoms with Gasteiger partial charge in [0, 0.05) is 18.3 Å². The zero-order valence-corrected chi connectivity index (χ0v) is 12.2. The molecule has 0 aliphatic heterocycles. The first-order valence-electron chi connectivity index (χ1n) is 6.89. The third-order valence-corrected chi connectivity index (χ3v) is 3.58. The van der Waals surface area contributed by atoms with Crippen molar-refractivity contribution in [2.45, 2.75) is 33.2 Å². The van der Waals surface area contributed by atoms with E-state index in [2.05, 4.69) is 29.4 Å². The summed E-state index contributed by atoms with van der Waals surface area (Å²) >= 11 is 0. The molecular weight excluding hydrogens is 254 g/mol. The standard InChI is InChI=1S/C14H21N5O/c1-4-10(5-2)9-19-14(16-17-18-19)12-7-6-11(15)8-13(12)20-3/h6-8,10H,4-5,9,15H2,1-3H3. The maximum absolute atomic E-state index is 5.78. The molecule has 0 unspecified atom stereocenters. The van der Waals surface area contributed by atoms with Gasteiger partial charge in [-0.05, 0) is 28.5 Å². The van der Waals surface area contributed by atoms with Crippen molar-refractivity contribution >= 4 is 5.69 Å². The number of anilines is 1. The van der Waals surface area contributed by atoms with E-state index in [1.807, 2.05) is 16.8 Å². The van der Waals surface area contributed by atoms with Gasteiger partial charge < -0.3 is 10.5 Å². The van der Waals surface area contributed by atoms with Gasteiger partial charge in [0.05, 0.1) is 12.7 Å². The largest absolute Gasteiger partial charge is 0.496 e. The van der Waals surface area contributed by atoms with Crippen LogP contribution in [0.5, 0.6) is 5.75 Å². The van der Waals surface area contributed by atoms with Crippen molar-refractivity contribution in [2.75, 3.05) is 12.8 Å². The highest BCUT2D eigenvalue weighted by Crippen LogP contribution is 2.30. The molecule has 6 nitrogen and oxygen atoms in total. The lowest BCUT2D eigenvalue weighted by Gasteiger charge is -2.14. The number of hydrogen-bond acceptors (Lipinski definition) is 5. The van der Waals surface area contributed by atoms with Gasteiger partial charge in [-0.15, -0.1) is 5.10 Å². The number of tetrazole rings is 1. The summed E-state index contributed by atoms with van der Waals surface area (Å²) in [4.78, 5) is 0. The number of hydrogen-bond donors (Lipinski definition) is 1. The molecule has 1 aromatic carbocycles. The molecule has 2 N–H and O–H groups in total. The maximum atomic E-state index is 5.78. The zero-order chi connectivity index (χ0) is 14.5. The molecular formula is C14H21N5O. The van der Waals surface area contributed by atoms with Crippen LogP contribution < -0.4 is 10.5 Å². The molecule has 20 heavy (non-hydrogen) atoms. The van der Waals surface area contributed by atoms with E-state index in [1.165, 1.54) is 0 Å². The highest BCUT2D eigenvalue weighted by molar-refractivity contribution is 5.67. The minimum atomic E-state index is 0.567. The predicted molar refractivity (Wildman–Crippen MR) is 78.3 cm³/mol. The molecule has 6 heteroatoms. The molecule has 0 saturated carbocycles. The lowest BCUT2D eigenvalue weighted by atomic mass is 10.0. The van der Waals surface area contributed by atoms with E-state index >= 15 is 0 Å². The average Bonchev–Trinajstić information content (AvgIpc) is 2.92. The minimum Gasteiger partial charge on any atom is -0.496 e. The molecule has 0 amide bonds. The number of nitrogen functional groups attached to an aromatic ring is 1. The second kappa shape index (κ2) is 6.36. The highest BCUT2D eigenvalue weighted by atomic mass is 16.5. The number of aromatic nitrogens is 4. The minimum absolute atomic E-state index is 0.567. The Morgan fingerprint density at radius 2 is 2.05 bits per heavy atom. The van der Waals surface area contributed by atoms with Crippen LogP contribution in [0.2, 0.25) is 0 Å². The van der Waals surface area contributed by atoms with Crippen LogP contribution in [0, 0.1) is 5.92 Å². The first-order chi connectivity index (χ1) is 9.69. The summed E-state index contributed by atoms with van der Waals surface area (Å²) in [5.74, 6) is 1.97. The molecule has 0 atom stereocenters. The van der Waals surface area contributed by atoms with Gasteiger partial charge in [-0.25, -0.2) is 4.68 Å². The van der Waals surface area contributed by atoms with Crippen LogP contribution in [-0.4, -0.2) is 27.3 Å². The lowest BCUT2D eigenvalue weighted by molar-refractivity contribution is 0.390. The molecule has 0 saturated heterocycles. The molecule has 0 aliphatic carbocycles. The number of benzene rings is 1. The third-order valence-electron chi connectivity index (χ3n) is 3.58. The number of methoxy groups -OCH3 is 1. The van der Waals surface area contributed by atoms with Crippen LogP contribution in [0.25, 0.3) is 11.4 Å². The maximum Gasteiger partial charge on any atom is 0.185 e. The van der Waals surface area contributed by atoms with Crippen molar-refractivity contribution in [2.24, 2.45) is 5.92 Å². The monoisotopic (exact) mass is 275 g/mol. The lowest BCUT2D eigenvalue weighted by Crippen LogP contribution is -2.12. The van der Waals surface area contributed by atoms with Crippen LogP contribution in [0.4, 0.5) is 5.69 Å². The molecule has 108 valence electrons. The molecule has 0 bridgehead atoms. The second-order valence-electron chi connectivity index (χ2n) is 4.83. The van der Waals surface area contributed by atoms with Gasteiger partial charge in [-0.2, -0.15) is 0 Å². The Morgan fingerprint density at radius 3 is 2.70 bits per heavy atom. The average molecular weight is 275 g/mol. The topological polar surface area (TPSA) is 78.9 Å². The first-order valence-corrected chi connectivity index (χ1v) is 6.89. The molecule has 0 radical (unpaired) electrons. The van der Waals surface area contributed by atoms with E-state index in [0.717, 1.165) is 24.9 Å². The van der Waals surface area contributed by atoms with Crippen LogP contribution in [0.15, 0.2) is 18.2 Å². The van der Waals surface area contributed by atoms with E-state index in [1.54, 1.807) is 13.2 Å². The van der Waals surface area contributed by atoms with E-state index in [9.17, 15) is 0 Å². The van der Waals surface area contributed by atoms with Gasteiger partial charge >= 0.3 is 0 Å². The zero-order valence-electron chi connectivity index (χ0n) is 12.2. The quantitative estimate of drug-likeness (QED) is 0.819. The van der Waals surface area contributed by atoms with Crippen molar-refractivity contribution in [3.8, 4) is 17.1 Å². The van der Waals surface area contributed by atoms with Crippen molar-refractivity contribution in [3.63, 3.8) is 0 Å². The second-order valence-corrected chi connectivity index (χ2v) is 4.83. The van der Waals surface area contributed by atoms with Crippen molar-refractivity contribution < 1.29 is 4.74 Å². The molecule has 1 heterocycles. The Balaban J connectivity index is 2.37. The summed E-state index contributed by atoms with van der Waals surface area (Å²) in [5.41, 5.74) is 7.30. The summed E-state index contributed by atoms with van der Waals surface area (Å²) in [6.45, 7) is 5.17. The van der Waals surface area contributed by atoms with Gasteiger partial charge in [0.15, 0.2) is 5.82 Å². The molecule has 2 aromatic rings. The van der Waals surface area contributed by atoms with Crippen LogP contribution in [-0.2, 0) is 6.54 Å². The van der Waals surface area contributed by atoms with E-state index in [-0.39, 0.29) is 0 Å². The fourth-order valence-electron chi connectivity index (χ4n) is 2.20. The fourth-order valence-corrected chi connectivity index (χ4v) is 2.20. The van der Waals surface area contributed by atoms with Crippen LogP contribution in [0.1, 0.15) is 26.7 Å². The summed E-state index contributed by atoms with van der Waals surface area (Å²) in [6.07, 6.45) is 2.21. The Hall–Kier alpha value is -2.11. The van der Waals surface area contributed by atoms with E-state index in [0.29, 0.717) is 23.2 Å². The van der Waals surface area contributed by atoms with Gasteiger partial charge in [0.25, 0.3) is 0 Å². The van der Waals surface area contributed by atoms with Crippen molar-refractivity contribution in [1.29, 1.82) is 0 Å². The van der Waals surface area contributed by atoms with Crippen LogP contribution in [0.3, 0.4) is 0 Å². The number of nitrogens with two attached hydrogens (primary N) is 1. The Bertz CT molecular complexity index is 562. The molecule has 2 rings (SSSR count). The van der Waals surface area contributed by atoms with Crippen molar-refractivity contribution in [1.82, 2.24) is 20.2 Å². The van der Waals surface area contributed by atoms with Gasteiger partial charge in [0.2, 0.25) is 0 Å². The summed E-state index contributed by atoms with van der Waals surface area (Å²) in [5, 5.41) is 12.0. The Kier molecular flexibility index (Phi) is 4.55. The molecule has 0 fully saturated rings. The smallest absolute Gasteiger partial charge is 0.185 e. The van der Waals surface area contributed by atoms with Gasteiger partial charge in [-0.1, -0.05) is 26.7 Å². The molecule has 1 aromatic heterocycles. The van der Waals surface area contributed by atoms with Gasteiger partial charge in [0.1, 0.15) is 5.75 Å². The van der Waals surface area contributed by atoms with Crippen molar-refractivity contribution in [3.05, 3.63) is 18.2 Å². The number of ether oxygens (including phenoxy) is 1. The summed E-state index contributed by atoms with van der Waals surface area (Å²) in [7, 11) is 1.62. The van der Waals surface area contributed by atoms with E-state index in [4.69, 9.17) is 10.5 Å². The normalized spacial score (nSPS) is 11.0. The third kappa shape index (κ3) is 2.89. The predicted octanol–water partition coefficient (Wildman–Crippen LogP) is 2.37. The molecule has 0 aliphatic rings. The highest BCUT2D eigenvalue weighted by Gasteiger charge is 2.16. The van der Waals surface area contributed by atoms with Crippen LogP contribution >= 0.6 is 0 Å². The summed E-state index contributed by atoms with van der Waals surface area (Å²) < 4.78 is 7.21. The Morgan fingerprint density at radius 1 is 1.30 bits per heavy atom. The van der Waals surface area contributed by atoms with Gasteiger partial charge in [-0.3, -0.25) is 0 Å². The Labute approximate surface area is 118 Å². The number of nitrogens with zero attached hydrogens (tertiary/aromatic N) is 4. The summed E-state index contributed by atoms with van der Waals surface area (Å²) in [6, 6.07) is 5.50. The fraction of sp³-hybridized carbons (Fsp3) is 0.500. The SMILES string of the molecule is CCC(CC)Cn1nnnc1-c1ccc(N)cc1OC.